The maximum absolute atomic E-state index is 5.74. The number of hydrogen-bond acceptors (Lipinski definition) is 10. The minimum Gasteiger partial charge on any atom is -1.00 e. The lowest BCUT2D eigenvalue weighted by Crippen LogP contribution is -3.00. The van der Waals surface area contributed by atoms with E-state index in [2.05, 4.69) is 17.5 Å². The van der Waals surface area contributed by atoms with Gasteiger partial charge in [-0.05, 0) is 12.1 Å². The number of ether oxygens (including phenoxy) is 4. The van der Waals surface area contributed by atoms with Crippen LogP contribution in [0.5, 0.6) is 11.8 Å². The Morgan fingerprint density at radius 1 is 0.639 bits per heavy atom. The van der Waals surface area contributed by atoms with Crippen molar-refractivity contribution in [3.8, 4) is 34.3 Å². The summed E-state index contributed by atoms with van der Waals surface area (Å²) in [5, 5.41) is 0. The molecule has 4 aromatic rings. The fraction of sp³-hybridized carbons (Fsp3) is 0.364. The third-order valence-corrected chi connectivity index (χ3v) is 5.67. The van der Waals surface area contributed by atoms with Crippen LogP contribution < -0.4 is 66.6 Å². The Hall–Kier alpha value is -1.60. The monoisotopic (exact) mass is 756 g/mol. The third-order valence-electron chi connectivity index (χ3n) is 4.65. The summed E-state index contributed by atoms with van der Waals surface area (Å²) in [5.74, 6) is 1.04. The van der Waals surface area contributed by atoms with Crippen molar-refractivity contribution in [1.82, 2.24) is 17.5 Å². The fourth-order valence-corrected chi connectivity index (χ4v) is 4.11. The van der Waals surface area contributed by atoms with E-state index in [4.69, 9.17) is 18.9 Å². The lowest BCUT2D eigenvalue weighted by Gasteiger charge is -2.08. The molecule has 0 aromatic carbocycles. The van der Waals surface area contributed by atoms with Crippen molar-refractivity contribution in [2.24, 2.45) is 14.1 Å². The van der Waals surface area contributed by atoms with E-state index in [0.29, 0.717) is 51.4 Å². The van der Waals surface area contributed by atoms with Crippen LogP contribution in [0.4, 0.5) is 0 Å². The topological polar surface area (TPSA) is 96.2 Å². The Morgan fingerprint density at radius 2 is 1.06 bits per heavy atom. The Labute approximate surface area is 252 Å². The van der Waals surface area contributed by atoms with Crippen molar-refractivity contribution in [1.29, 1.82) is 0 Å². The average Bonchev–Trinajstić information content (AvgIpc) is 3.50. The normalized spacial score (nSPS) is 10.4. The standard InChI is InChI=1S/C22H26N6O4S2.2HI/c1-27-7-3-5-17(15-27)19-21(25-33-23-19)31-13-11-29-9-10-30-12-14-32-22-20(24-34-26-22)18-6-4-8-28(2)16-18;;/h3-8,15-16H,9-14H2,1-2H3;2*1H/q+2;;/p-2. The van der Waals surface area contributed by atoms with Gasteiger partial charge >= 0.3 is 0 Å². The van der Waals surface area contributed by atoms with Crippen LogP contribution >= 0.6 is 23.5 Å². The van der Waals surface area contributed by atoms with Crippen LogP contribution in [0.1, 0.15) is 0 Å². The zero-order valence-corrected chi connectivity index (χ0v) is 25.7. The van der Waals surface area contributed by atoms with Gasteiger partial charge in [0.05, 0.1) is 61.0 Å². The minimum absolute atomic E-state index is 0. The average molecular weight is 756 g/mol. The van der Waals surface area contributed by atoms with Crippen LogP contribution in [0.15, 0.2) is 49.1 Å². The lowest BCUT2D eigenvalue weighted by atomic mass is 10.2. The molecule has 0 aliphatic carbocycles. The van der Waals surface area contributed by atoms with Gasteiger partial charge in [-0.3, -0.25) is 0 Å². The maximum Gasteiger partial charge on any atom is 0.254 e. The Kier molecular flexibility index (Phi) is 13.9. The largest absolute Gasteiger partial charge is 1.00 e. The van der Waals surface area contributed by atoms with Crippen LogP contribution in [0, 0.1) is 0 Å². The molecule has 0 amide bonds. The van der Waals surface area contributed by atoms with Gasteiger partial charge in [0, 0.05) is 12.1 Å². The lowest BCUT2D eigenvalue weighted by molar-refractivity contribution is -0.671. The van der Waals surface area contributed by atoms with Crippen LogP contribution in [-0.4, -0.2) is 57.1 Å². The molecule has 0 radical (unpaired) electrons. The molecule has 10 nitrogen and oxygen atoms in total. The molecule has 0 spiro atoms. The number of halogens is 2. The first-order valence-electron chi connectivity index (χ1n) is 10.7. The summed E-state index contributed by atoms with van der Waals surface area (Å²) in [6.07, 6.45) is 7.89. The smallest absolute Gasteiger partial charge is 0.254 e. The van der Waals surface area contributed by atoms with E-state index in [0.717, 1.165) is 46.0 Å². The van der Waals surface area contributed by atoms with Gasteiger partial charge in [-0.25, -0.2) is 9.13 Å². The van der Waals surface area contributed by atoms with Crippen molar-refractivity contribution in [2.75, 3.05) is 39.6 Å². The van der Waals surface area contributed by atoms with Crippen LogP contribution in [0.2, 0.25) is 0 Å². The summed E-state index contributed by atoms with van der Waals surface area (Å²) in [4.78, 5) is 0. The molecular formula is C22H26I2N6O4S2. The molecule has 4 aromatic heterocycles. The molecule has 0 saturated carbocycles. The van der Waals surface area contributed by atoms with E-state index in [1.165, 1.54) is 0 Å². The minimum atomic E-state index is 0. The first kappa shape index (κ1) is 30.6. The first-order valence-corrected chi connectivity index (χ1v) is 12.1. The van der Waals surface area contributed by atoms with Crippen molar-refractivity contribution in [2.45, 2.75) is 0 Å². The van der Waals surface area contributed by atoms with Crippen molar-refractivity contribution < 1.29 is 76.0 Å². The second-order valence-electron chi connectivity index (χ2n) is 7.27. The highest BCUT2D eigenvalue weighted by atomic mass is 127. The van der Waals surface area contributed by atoms with Gasteiger partial charge in [0.25, 0.3) is 11.8 Å². The molecule has 0 saturated heterocycles. The summed E-state index contributed by atoms with van der Waals surface area (Å²) < 4.78 is 43.7. The number of nitrogens with zero attached hydrogens (tertiary/aromatic N) is 6. The molecule has 0 N–H and O–H groups in total. The molecule has 4 rings (SSSR count). The molecule has 0 bridgehead atoms. The number of rotatable bonds is 13. The number of hydrogen-bond donors (Lipinski definition) is 0. The summed E-state index contributed by atoms with van der Waals surface area (Å²) in [5.41, 5.74) is 3.40. The van der Waals surface area contributed by atoms with Gasteiger partial charge in [-0.15, -0.1) is 8.75 Å². The summed E-state index contributed by atoms with van der Waals surface area (Å²) >= 11 is 2.26. The van der Waals surface area contributed by atoms with Gasteiger partial charge in [-0.1, -0.05) is 0 Å². The zero-order chi connectivity index (χ0) is 23.6. The molecular weight excluding hydrogens is 730 g/mol. The van der Waals surface area contributed by atoms with Gasteiger partial charge in [-0.2, -0.15) is 8.75 Å². The Morgan fingerprint density at radius 3 is 1.47 bits per heavy atom. The van der Waals surface area contributed by atoms with Crippen molar-refractivity contribution in [3.63, 3.8) is 0 Å². The molecule has 0 unspecified atom stereocenters. The predicted molar refractivity (Wildman–Crippen MR) is 126 cm³/mol. The summed E-state index contributed by atoms with van der Waals surface area (Å²) in [7, 11) is 3.92. The van der Waals surface area contributed by atoms with E-state index in [1.807, 2.05) is 72.3 Å². The molecule has 4 heterocycles. The van der Waals surface area contributed by atoms with E-state index in [-0.39, 0.29) is 48.0 Å². The second kappa shape index (κ2) is 16.3. The van der Waals surface area contributed by atoms with Crippen molar-refractivity contribution >= 4 is 23.5 Å². The van der Waals surface area contributed by atoms with Crippen LogP contribution in [0.25, 0.3) is 22.5 Å². The maximum atomic E-state index is 5.74. The van der Waals surface area contributed by atoms with E-state index < -0.39 is 0 Å². The Balaban J connectivity index is 0.00000228. The van der Waals surface area contributed by atoms with Crippen LogP contribution in [0.3, 0.4) is 0 Å². The number of aryl methyl sites for hydroxylation is 2. The number of aromatic nitrogens is 6. The Bertz CT molecular complexity index is 1100. The van der Waals surface area contributed by atoms with Crippen molar-refractivity contribution in [3.05, 3.63) is 49.1 Å². The molecule has 0 atom stereocenters. The first-order chi connectivity index (χ1) is 16.7. The van der Waals surface area contributed by atoms with E-state index in [9.17, 15) is 0 Å². The molecule has 0 aliphatic heterocycles. The SMILES string of the molecule is C[n+]1cccc(-c2nsnc2OCCOCCOCCOc2nsnc2-c2ccc[n+](C)c2)c1.[I-].[I-]. The highest BCUT2D eigenvalue weighted by Gasteiger charge is 2.15. The molecule has 0 fully saturated rings. The van der Waals surface area contributed by atoms with Gasteiger partial charge in [0.1, 0.15) is 27.3 Å². The van der Waals surface area contributed by atoms with E-state index >= 15 is 0 Å². The molecule has 36 heavy (non-hydrogen) atoms. The molecule has 14 heteroatoms. The second-order valence-corrected chi connectivity index (χ2v) is 8.33. The van der Waals surface area contributed by atoms with E-state index in [1.54, 1.807) is 0 Å². The zero-order valence-electron chi connectivity index (χ0n) is 19.8. The number of pyridine rings is 2. The quantitative estimate of drug-likeness (QED) is 0.0773. The van der Waals surface area contributed by atoms with Crippen LogP contribution in [-0.2, 0) is 23.6 Å². The molecule has 0 aliphatic rings. The summed E-state index contributed by atoms with van der Waals surface area (Å²) in [6.45, 7) is 2.56. The van der Waals surface area contributed by atoms with Gasteiger partial charge < -0.3 is 66.9 Å². The predicted octanol–water partition coefficient (Wildman–Crippen LogP) is -4.13. The summed E-state index contributed by atoms with van der Waals surface area (Å²) in [6, 6.07) is 7.88. The molecule has 194 valence electrons. The highest BCUT2D eigenvalue weighted by Crippen LogP contribution is 2.27. The fourth-order valence-electron chi connectivity index (χ4n) is 3.08. The van der Waals surface area contributed by atoms with Gasteiger partial charge in [0.15, 0.2) is 36.2 Å². The highest BCUT2D eigenvalue weighted by molar-refractivity contribution is 6.99. The van der Waals surface area contributed by atoms with Gasteiger partial charge in [0.2, 0.25) is 0 Å². The third kappa shape index (κ3) is 9.05.